The van der Waals surface area contributed by atoms with E-state index in [1.165, 1.54) is 17.7 Å². The maximum Gasteiger partial charge on any atom is 0.235 e. The molecule has 6 atom stereocenters. The maximum atomic E-state index is 13.0. The fraction of sp³-hybridized carbons (Fsp3) is 0.810. The smallest absolute Gasteiger partial charge is 0.235 e. The van der Waals surface area contributed by atoms with Crippen molar-refractivity contribution in [2.24, 2.45) is 34.5 Å². The van der Waals surface area contributed by atoms with Gasteiger partial charge in [0.05, 0.1) is 18.1 Å². The normalized spacial score (nSPS) is 41.3. The molecule has 0 spiro atoms. The molecule has 3 aliphatic carbocycles. The van der Waals surface area contributed by atoms with Crippen molar-refractivity contribution in [2.75, 3.05) is 19.6 Å². The number of carbonyl (C=O) groups is 2. The summed E-state index contributed by atoms with van der Waals surface area (Å²) in [6, 6.07) is 0. The molecule has 144 valence electrons. The minimum Gasteiger partial charge on any atom is -0.390 e. The van der Waals surface area contributed by atoms with Crippen molar-refractivity contribution in [3.63, 3.8) is 0 Å². The number of aliphatic hydroxyl groups excluding tert-OH is 1. The summed E-state index contributed by atoms with van der Waals surface area (Å²) in [6.45, 7) is 7.52. The Morgan fingerprint density at radius 3 is 2.69 bits per heavy atom. The fourth-order valence-electron chi connectivity index (χ4n) is 5.91. The van der Waals surface area contributed by atoms with Crippen LogP contribution in [0.25, 0.3) is 0 Å². The van der Waals surface area contributed by atoms with E-state index in [4.69, 9.17) is 0 Å². The maximum absolute atomic E-state index is 13.0. The van der Waals surface area contributed by atoms with Crippen molar-refractivity contribution < 1.29 is 14.7 Å². The molecule has 5 heteroatoms. The molecule has 4 aliphatic rings. The van der Waals surface area contributed by atoms with Gasteiger partial charge in [-0.3, -0.25) is 14.5 Å². The molecular formula is C21H32N2O3. The number of allylic oxidation sites excluding steroid dienone is 2. The van der Waals surface area contributed by atoms with E-state index < -0.39 is 11.5 Å². The standard InChI is InChI=1S/C21H32N2O3/c1-20(2)17-6-7-21(20,3)19(26)23(18(17)25)12-16(24)11-22-10-15-9-13-4-5-14(15)8-13/h4-5,13-17,22,24H,6-12H2,1-3H3/t13-,14+,15+,16?,17+,21-/m1/s1. The second kappa shape index (κ2) is 6.16. The van der Waals surface area contributed by atoms with Gasteiger partial charge in [-0.05, 0) is 55.4 Å². The molecule has 5 nitrogen and oxygen atoms in total. The first-order valence-corrected chi connectivity index (χ1v) is 10.2. The molecule has 2 amide bonds. The summed E-state index contributed by atoms with van der Waals surface area (Å²) in [5.41, 5.74) is -0.787. The molecule has 0 radical (unpaired) electrons. The minimum absolute atomic E-state index is 0.0905. The Labute approximate surface area is 156 Å². The molecule has 3 fully saturated rings. The summed E-state index contributed by atoms with van der Waals surface area (Å²) in [5.74, 6) is 1.80. The second-order valence-electron chi connectivity index (χ2n) is 9.75. The minimum atomic E-state index is -0.707. The van der Waals surface area contributed by atoms with Gasteiger partial charge in [-0.1, -0.05) is 32.9 Å². The number of carbonyl (C=O) groups excluding carboxylic acids is 2. The Morgan fingerprint density at radius 1 is 1.27 bits per heavy atom. The van der Waals surface area contributed by atoms with Crippen molar-refractivity contribution in [1.29, 1.82) is 0 Å². The van der Waals surface area contributed by atoms with Crippen molar-refractivity contribution in [1.82, 2.24) is 10.2 Å². The van der Waals surface area contributed by atoms with Crippen LogP contribution in [0.15, 0.2) is 12.2 Å². The van der Waals surface area contributed by atoms with E-state index in [0.717, 1.165) is 25.3 Å². The highest BCUT2D eigenvalue weighted by Gasteiger charge is 2.64. The summed E-state index contributed by atoms with van der Waals surface area (Å²) in [5, 5.41) is 13.8. The Balaban J connectivity index is 1.31. The number of likely N-dealkylation sites (tertiary alicyclic amines) is 1. The fourth-order valence-corrected chi connectivity index (χ4v) is 5.91. The predicted molar refractivity (Wildman–Crippen MR) is 99.1 cm³/mol. The van der Waals surface area contributed by atoms with Crippen LogP contribution in [0.1, 0.15) is 46.5 Å². The average molecular weight is 360 g/mol. The molecule has 2 N–H and O–H groups in total. The summed E-state index contributed by atoms with van der Waals surface area (Å²) in [4.78, 5) is 27.2. The SMILES string of the molecule is CC1(C)[C@H]2CC[C@]1(C)C(=O)N(CC(O)CNC[C@@H]1C[C@@H]3C=C[C@H]1C3)C2=O. The van der Waals surface area contributed by atoms with Gasteiger partial charge < -0.3 is 10.4 Å². The third-order valence-electron chi connectivity index (χ3n) is 8.10. The number of hydrogen-bond donors (Lipinski definition) is 2. The Morgan fingerprint density at radius 2 is 2.04 bits per heavy atom. The number of nitrogens with zero attached hydrogens (tertiary/aromatic N) is 1. The lowest BCUT2D eigenvalue weighted by Crippen LogP contribution is -2.60. The average Bonchev–Trinajstić information content (AvgIpc) is 3.24. The first-order chi connectivity index (χ1) is 12.2. The molecule has 0 aromatic carbocycles. The van der Waals surface area contributed by atoms with E-state index in [-0.39, 0.29) is 29.7 Å². The number of rotatable bonds is 6. The number of amides is 2. The second-order valence-corrected chi connectivity index (χ2v) is 9.75. The third-order valence-corrected chi connectivity index (χ3v) is 8.10. The molecule has 26 heavy (non-hydrogen) atoms. The van der Waals surface area contributed by atoms with Crippen LogP contribution in [0.5, 0.6) is 0 Å². The van der Waals surface area contributed by atoms with Gasteiger partial charge in [0.25, 0.3) is 0 Å². The largest absolute Gasteiger partial charge is 0.390 e. The molecule has 1 heterocycles. The van der Waals surface area contributed by atoms with Gasteiger partial charge in [-0.2, -0.15) is 0 Å². The molecule has 1 unspecified atom stereocenters. The van der Waals surface area contributed by atoms with E-state index in [1.54, 1.807) is 0 Å². The first-order valence-electron chi connectivity index (χ1n) is 10.2. The van der Waals surface area contributed by atoms with Gasteiger partial charge in [-0.25, -0.2) is 0 Å². The van der Waals surface area contributed by atoms with Gasteiger partial charge in [-0.15, -0.1) is 0 Å². The van der Waals surface area contributed by atoms with Crippen LogP contribution in [0, 0.1) is 34.5 Å². The first kappa shape index (κ1) is 18.2. The van der Waals surface area contributed by atoms with Crippen molar-refractivity contribution in [2.45, 2.75) is 52.6 Å². The topological polar surface area (TPSA) is 69.6 Å². The van der Waals surface area contributed by atoms with E-state index in [0.29, 0.717) is 18.4 Å². The molecule has 4 bridgehead atoms. The Bertz CT molecular complexity index is 643. The summed E-state index contributed by atoms with van der Waals surface area (Å²) in [7, 11) is 0. The summed E-state index contributed by atoms with van der Waals surface area (Å²) < 4.78 is 0. The van der Waals surface area contributed by atoms with Crippen LogP contribution in [0.3, 0.4) is 0 Å². The van der Waals surface area contributed by atoms with Gasteiger partial charge in [0.2, 0.25) is 11.8 Å². The van der Waals surface area contributed by atoms with Crippen molar-refractivity contribution >= 4 is 11.8 Å². The van der Waals surface area contributed by atoms with Crippen LogP contribution >= 0.6 is 0 Å². The molecule has 0 aromatic rings. The highest BCUT2D eigenvalue weighted by molar-refractivity contribution is 6.03. The molecule has 1 aliphatic heterocycles. The number of fused-ring (bicyclic) bond motifs is 4. The lowest BCUT2D eigenvalue weighted by Gasteiger charge is -2.48. The van der Waals surface area contributed by atoms with Gasteiger partial charge in [0.1, 0.15) is 0 Å². The van der Waals surface area contributed by atoms with Gasteiger partial charge in [0.15, 0.2) is 0 Å². The Hall–Kier alpha value is -1.20. The number of aliphatic hydroxyl groups is 1. The zero-order valence-corrected chi connectivity index (χ0v) is 16.2. The van der Waals surface area contributed by atoms with E-state index in [1.807, 2.05) is 20.8 Å². The van der Waals surface area contributed by atoms with Crippen LogP contribution in [0.4, 0.5) is 0 Å². The number of nitrogens with one attached hydrogen (secondary N) is 1. The lowest BCUT2D eigenvalue weighted by molar-refractivity contribution is -0.169. The molecule has 4 rings (SSSR count). The number of imide groups is 1. The third kappa shape index (κ3) is 2.58. The van der Waals surface area contributed by atoms with Crippen molar-refractivity contribution in [3.05, 3.63) is 12.2 Å². The van der Waals surface area contributed by atoms with Crippen LogP contribution in [0.2, 0.25) is 0 Å². The highest BCUT2D eigenvalue weighted by Crippen LogP contribution is 2.60. The molecule has 0 aromatic heterocycles. The highest BCUT2D eigenvalue weighted by atomic mass is 16.3. The summed E-state index contributed by atoms with van der Waals surface area (Å²) >= 11 is 0. The zero-order valence-electron chi connectivity index (χ0n) is 16.2. The van der Waals surface area contributed by atoms with Gasteiger partial charge >= 0.3 is 0 Å². The van der Waals surface area contributed by atoms with Crippen LogP contribution < -0.4 is 5.32 Å². The molecular weight excluding hydrogens is 328 g/mol. The molecule has 1 saturated heterocycles. The zero-order chi connectivity index (χ0) is 18.7. The van der Waals surface area contributed by atoms with E-state index in [9.17, 15) is 14.7 Å². The van der Waals surface area contributed by atoms with Gasteiger partial charge in [0, 0.05) is 12.5 Å². The number of piperidine rings is 1. The predicted octanol–water partition coefficient (Wildman–Crippen LogP) is 1.96. The van der Waals surface area contributed by atoms with E-state index in [2.05, 4.69) is 17.5 Å². The number of hydrogen-bond acceptors (Lipinski definition) is 4. The summed E-state index contributed by atoms with van der Waals surface area (Å²) in [6.07, 6.45) is 8.01. The Kier molecular flexibility index (Phi) is 4.31. The van der Waals surface area contributed by atoms with E-state index >= 15 is 0 Å². The van der Waals surface area contributed by atoms with Crippen molar-refractivity contribution in [3.8, 4) is 0 Å². The monoisotopic (exact) mass is 360 g/mol. The van der Waals surface area contributed by atoms with Crippen LogP contribution in [-0.2, 0) is 9.59 Å². The quantitative estimate of drug-likeness (QED) is 0.561. The number of β-amino-alcohol motifs (C(OH)–C–C–N with tert-alkyl or cyclic N) is 1. The molecule has 2 saturated carbocycles. The van der Waals surface area contributed by atoms with Crippen LogP contribution in [-0.4, -0.2) is 47.6 Å². The lowest BCUT2D eigenvalue weighted by atomic mass is 9.62.